The smallest absolute Gasteiger partial charge is 0.242 e. The van der Waals surface area contributed by atoms with Crippen molar-refractivity contribution in [1.29, 1.82) is 0 Å². The van der Waals surface area contributed by atoms with Gasteiger partial charge in [0.2, 0.25) is 10.0 Å². The van der Waals surface area contributed by atoms with Crippen molar-refractivity contribution in [2.75, 3.05) is 31.3 Å². The largest absolute Gasteiger partial charge is 0.397 e. The van der Waals surface area contributed by atoms with E-state index in [-0.39, 0.29) is 10.9 Å². The standard InChI is InChI=1S/C15H27N3O2S/c1-11(2)10-18(12(3)4)15-9-13(7-8-14(15)16)21(19,20)17(5)6/h7-9,11-12H,10,16H2,1-6H3. The second kappa shape index (κ2) is 6.66. The molecule has 5 nitrogen and oxygen atoms in total. The van der Waals surface area contributed by atoms with Gasteiger partial charge in [0, 0.05) is 26.7 Å². The van der Waals surface area contributed by atoms with Gasteiger partial charge in [-0.15, -0.1) is 0 Å². The van der Waals surface area contributed by atoms with Crippen molar-refractivity contribution >= 4 is 21.4 Å². The summed E-state index contributed by atoms with van der Waals surface area (Å²) in [6.07, 6.45) is 0. The van der Waals surface area contributed by atoms with Gasteiger partial charge >= 0.3 is 0 Å². The van der Waals surface area contributed by atoms with E-state index in [0.29, 0.717) is 11.6 Å². The first kappa shape index (κ1) is 17.8. The predicted molar refractivity (Wildman–Crippen MR) is 89.0 cm³/mol. The highest BCUT2D eigenvalue weighted by molar-refractivity contribution is 7.89. The maximum Gasteiger partial charge on any atom is 0.242 e. The number of hydrogen-bond acceptors (Lipinski definition) is 4. The molecule has 0 aliphatic carbocycles. The molecular weight excluding hydrogens is 286 g/mol. The lowest BCUT2D eigenvalue weighted by Gasteiger charge is -2.32. The van der Waals surface area contributed by atoms with Crippen molar-refractivity contribution in [3.63, 3.8) is 0 Å². The van der Waals surface area contributed by atoms with E-state index >= 15 is 0 Å². The first-order chi connectivity index (χ1) is 9.57. The minimum absolute atomic E-state index is 0.243. The van der Waals surface area contributed by atoms with E-state index in [9.17, 15) is 8.42 Å². The van der Waals surface area contributed by atoms with Gasteiger partial charge in [-0.1, -0.05) is 13.8 Å². The van der Waals surface area contributed by atoms with Crippen LogP contribution in [-0.2, 0) is 10.0 Å². The summed E-state index contributed by atoms with van der Waals surface area (Å²) in [5.41, 5.74) is 7.45. The van der Waals surface area contributed by atoms with Gasteiger partial charge < -0.3 is 10.6 Å². The van der Waals surface area contributed by atoms with Crippen LogP contribution in [0.15, 0.2) is 23.1 Å². The van der Waals surface area contributed by atoms with E-state index in [0.717, 1.165) is 12.2 Å². The zero-order chi connectivity index (χ0) is 16.4. The lowest BCUT2D eigenvalue weighted by Crippen LogP contribution is -2.35. The summed E-state index contributed by atoms with van der Waals surface area (Å²) in [5.74, 6) is 0.459. The van der Waals surface area contributed by atoms with Gasteiger partial charge in [-0.05, 0) is 38.0 Å². The maximum absolute atomic E-state index is 12.3. The van der Waals surface area contributed by atoms with E-state index in [1.807, 2.05) is 0 Å². The molecule has 120 valence electrons. The number of nitrogen functional groups attached to an aromatic ring is 1. The number of hydrogen-bond donors (Lipinski definition) is 1. The number of benzene rings is 1. The quantitative estimate of drug-likeness (QED) is 0.819. The van der Waals surface area contributed by atoms with Crippen LogP contribution >= 0.6 is 0 Å². The second-order valence-corrected chi connectivity index (χ2v) is 8.30. The molecule has 0 atom stereocenters. The van der Waals surface area contributed by atoms with E-state index in [1.54, 1.807) is 18.2 Å². The molecule has 0 saturated carbocycles. The van der Waals surface area contributed by atoms with E-state index in [2.05, 4.69) is 32.6 Å². The Hall–Kier alpha value is -1.27. The third-order valence-electron chi connectivity index (χ3n) is 3.28. The average molecular weight is 313 g/mol. The Morgan fingerprint density at radius 1 is 1.14 bits per heavy atom. The van der Waals surface area contributed by atoms with Crippen LogP contribution in [0.4, 0.5) is 11.4 Å². The van der Waals surface area contributed by atoms with Crippen LogP contribution in [-0.4, -0.2) is 39.4 Å². The second-order valence-electron chi connectivity index (χ2n) is 6.15. The van der Waals surface area contributed by atoms with Crippen LogP contribution in [0.25, 0.3) is 0 Å². The Morgan fingerprint density at radius 2 is 1.71 bits per heavy atom. The Balaban J connectivity index is 3.35. The fourth-order valence-corrected chi connectivity index (χ4v) is 3.05. The molecule has 0 unspecified atom stereocenters. The molecule has 0 radical (unpaired) electrons. The van der Waals surface area contributed by atoms with Crippen molar-refractivity contribution in [3.05, 3.63) is 18.2 Å². The SMILES string of the molecule is CC(C)CN(c1cc(S(=O)(=O)N(C)C)ccc1N)C(C)C. The van der Waals surface area contributed by atoms with E-state index < -0.39 is 10.0 Å². The minimum atomic E-state index is -3.45. The zero-order valence-electron chi connectivity index (χ0n) is 13.8. The number of nitrogens with zero attached hydrogens (tertiary/aromatic N) is 2. The zero-order valence-corrected chi connectivity index (χ0v) is 14.6. The minimum Gasteiger partial charge on any atom is -0.397 e. The molecule has 1 aromatic rings. The number of nitrogens with two attached hydrogens (primary N) is 1. The molecule has 0 amide bonds. The van der Waals surface area contributed by atoms with E-state index in [4.69, 9.17) is 5.73 Å². The fourth-order valence-electron chi connectivity index (χ4n) is 2.12. The Bertz CT molecular complexity index is 581. The highest BCUT2D eigenvalue weighted by Gasteiger charge is 2.21. The van der Waals surface area contributed by atoms with Crippen molar-refractivity contribution in [1.82, 2.24) is 4.31 Å². The maximum atomic E-state index is 12.3. The van der Waals surface area contributed by atoms with Crippen molar-refractivity contribution in [2.24, 2.45) is 5.92 Å². The highest BCUT2D eigenvalue weighted by atomic mass is 32.2. The molecule has 6 heteroatoms. The molecule has 1 rings (SSSR count). The van der Waals surface area contributed by atoms with Crippen LogP contribution in [0, 0.1) is 5.92 Å². The Kier molecular flexibility index (Phi) is 5.64. The van der Waals surface area contributed by atoms with Gasteiger partial charge in [0.25, 0.3) is 0 Å². The number of anilines is 2. The van der Waals surface area contributed by atoms with Gasteiger partial charge in [-0.25, -0.2) is 12.7 Å². The molecule has 0 heterocycles. The van der Waals surface area contributed by atoms with Crippen molar-refractivity contribution < 1.29 is 8.42 Å². The Morgan fingerprint density at radius 3 is 2.14 bits per heavy atom. The van der Waals surface area contributed by atoms with Crippen LogP contribution < -0.4 is 10.6 Å². The number of rotatable bonds is 6. The molecule has 21 heavy (non-hydrogen) atoms. The van der Waals surface area contributed by atoms with Crippen LogP contribution in [0.1, 0.15) is 27.7 Å². The fraction of sp³-hybridized carbons (Fsp3) is 0.600. The molecule has 0 aliphatic rings. The summed E-state index contributed by atoms with van der Waals surface area (Å²) < 4.78 is 25.8. The van der Waals surface area contributed by atoms with Crippen LogP contribution in [0.2, 0.25) is 0 Å². The molecule has 0 saturated heterocycles. The van der Waals surface area contributed by atoms with Gasteiger partial charge in [0.15, 0.2) is 0 Å². The summed E-state index contributed by atoms with van der Waals surface area (Å²) in [6, 6.07) is 5.14. The molecule has 0 aliphatic heterocycles. The lowest BCUT2D eigenvalue weighted by atomic mass is 10.1. The van der Waals surface area contributed by atoms with Gasteiger partial charge in [0.05, 0.1) is 16.3 Å². The van der Waals surface area contributed by atoms with Gasteiger partial charge in [-0.2, -0.15) is 0 Å². The van der Waals surface area contributed by atoms with E-state index in [1.165, 1.54) is 18.4 Å². The van der Waals surface area contributed by atoms with Crippen LogP contribution in [0.3, 0.4) is 0 Å². The molecule has 0 fully saturated rings. The monoisotopic (exact) mass is 313 g/mol. The summed E-state index contributed by atoms with van der Waals surface area (Å²) in [5, 5.41) is 0. The lowest BCUT2D eigenvalue weighted by molar-refractivity contribution is 0.520. The molecule has 0 spiro atoms. The summed E-state index contributed by atoms with van der Waals surface area (Å²) in [7, 11) is -0.398. The third kappa shape index (κ3) is 4.11. The first-order valence-electron chi connectivity index (χ1n) is 7.16. The molecule has 2 N–H and O–H groups in total. The van der Waals surface area contributed by atoms with Crippen molar-refractivity contribution in [2.45, 2.75) is 38.6 Å². The highest BCUT2D eigenvalue weighted by Crippen LogP contribution is 2.29. The molecular formula is C15H27N3O2S. The normalized spacial score (nSPS) is 12.4. The van der Waals surface area contributed by atoms with Crippen LogP contribution in [0.5, 0.6) is 0 Å². The van der Waals surface area contributed by atoms with Gasteiger partial charge in [0.1, 0.15) is 0 Å². The summed E-state index contributed by atoms with van der Waals surface area (Å²) >= 11 is 0. The Labute approximate surface area is 128 Å². The summed E-state index contributed by atoms with van der Waals surface area (Å²) in [4.78, 5) is 2.42. The third-order valence-corrected chi connectivity index (χ3v) is 5.09. The predicted octanol–water partition coefficient (Wildman–Crippen LogP) is 2.39. The van der Waals surface area contributed by atoms with Crippen molar-refractivity contribution in [3.8, 4) is 0 Å². The molecule has 0 aromatic heterocycles. The molecule has 1 aromatic carbocycles. The van der Waals surface area contributed by atoms with Gasteiger partial charge in [-0.3, -0.25) is 0 Å². The average Bonchev–Trinajstić information content (AvgIpc) is 2.35. The summed E-state index contributed by atoms with van der Waals surface area (Å²) in [6.45, 7) is 9.25. The topological polar surface area (TPSA) is 66.6 Å². The molecule has 0 bridgehead atoms. The number of sulfonamides is 1. The first-order valence-corrected chi connectivity index (χ1v) is 8.60.